The summed E-state index contributed by atoms with van der Waals surface area (Å²) in [5, 5.41) is 2.74. The Bertz CT molecular complexity index is 1010. The van der Waals surface area contributed by atoms with E-state index >= 15 is 0 Å². The van der Waals surface area contributed by atoms with Crippen molar-refractivity contribution in [3.8, 4) is 0 Å². The molecule has 0 spiro atoms. The summed E-state index contributed by atoms with van der Waals surface area (Å²) in [6.45, 7) is 2.04. The van der Waals surface area contributed by atoms with Gasteiger partial charge in [-0.15, -0.1) is 0 Å². The highest BCUT2D eigenvalue weighted by Gasteiger charge is 2.23. The summed E-state index contributed by atoms with van der Waals surface area (Å²) in [4.78, 5) is 16.5. The average molecular weight is 381 g/mol. The predicted molar refractivity (Wildman–Crippen MR) is 105 cm³/mol. The molecule has 0 bridgehead atoms. The molecule has 3 rings (SSSR count). The first-order valence-electron chi connectivity index (χ1n) is 8.41. The molecule has 1 amide bonds. The standard InChI is InChI=1S/C20H19N3O3S/c1-2-23(27(25,26)19-8-4-3-5-9-19)18-12-10-16(11-13-18)20(24)22-17-7-6-14-21-15-17/h3-15H,2H2,1H3,(H,22,24). The lowest BCUT2D eigenvalue weighted by atomic mass is 10.2. The van der Waals surface area contributed by atoms with Crippen molar-refractivity contribution in [3.05, 3.63) is 84.7 Å². The molecule has 0 fully saturated rings. The SMILES string of the molecule is CCN(c1ccc(C(=O)Nc2cccnc2)cc1)S(=O)(=O)c1ccccc1. The summed E-state index contributed by atoms with van der Waals surface area (Å²) in [7, 11) is -3.66. The number of hydrogen-bond donors (Lipinski definition) is 1. The lowest BCUT2D eigenvalue weighted by Gasteiger charge is -2.23. The van der Waals surface area contributed by atoms with Crippen LogP contribution >= 0.6 is 0 Å². The molecule has 0 saturated heterocycles. The Morgan fingerprint density at radius 3 is 2.30 bits per heavy atom. The zero-order valence-electron chi connectivity index (χ0n) is 14.7. The van der Waals surface area contributed by atoms with Crippen molar-refractivity contribution in [1.82, 2.24) is 4.98 Å². The molecule has 138 valence electrons. The highest BCUT2D eigenvalue weighted by atomic mass is 32.2. The number of sulfonamides is 1. The third-order valence-electron chi connectivity index (χ3n) is 3.96. The maximum absolute atomic E-state index is 12.9. The molecule has 0 aliphatic carbocycles. The van der Waals surface area contributed by atoms with Crippen LogP contribution in [0.3, 0.4) is 0 Å². The van der Waals surface area contributed by atoms with Gasteiger partial charge in [0.25, 0.3) is 15.9 Å². The molecule has 0 aliphatic heterocycles. The summed E-state index contributed by atoms with van der Waals surface area (Å²) < 4.78 is 27.0. The van der Waals surface area contributed by atoms with Gasteiger partial charge in [-0.2, -0.15) is 0 Å². The van der Waals surface area contributed by atoms with E-state index in [9.17, 15) is 13.2 Å². The summed E-state index contributed by atoms with van der Waals surface area (Å²) >= 11 is 0. The Kier molecular flexibility index (Phi) is 5.52. The van der Waals surface area contributed by atoms with Crippen molar-refractivity contribution >= 4 is 27.3 Å². The fraction of sp³-hybridized carbons (Fsp3) is 0.100. The molecule has 7 heteroatoms. The maximum atomic E-state index is 12.9. The first kappa shape index (κ1) is 18.6. The molecule has 0 saturated carbocycles. The second-order valence-electron chi connectivity index (χ2n) is 5.73. The Morgan fingerprint density at radius 1 is 1.00 bits per heavy atom. The van der Waals surface area contributed by atoms with E-state index in [1.807, 2.05) is 0 Å². The maximum Gasteiger partial charge on any atom is 0.264 e. The largest absolute Gasteiger partial charge is 0.321 e. The topological polar surface area (TPSA) is 79.4 Å². The number of nitrogens with zero attached hydrogens (tertiary/aromatic N) is 2. The second kappa shape index (κ2) is 8.01. The number of nitrogens with one attached hydrogen (secondary N) is 1. The van der Waals surface area contributed by atoms with Gasteiger partial charge in [0.1, 0.15) is 0 Å². The van der Waals surface area contributed by atoms with Crippen LogP contribution in [-0.4, -0.2) is 25.9 Å². The van der Waals surface area contributed by atoms with Crippen molar-refractivity contribution in [3.63, 3.8) is 0 Å². The van der Waals surface area contributed by atoms with Gasteiger partial charge in [0, 0.05) is 18.3 Å². The van der Waals surface area contributed by atoms with Gasteiger partial charge in [0.15, 0.2) is 0 Å². The number of aromatic nitrogens is 1. The number of amides is 1. The van der Waals surface area contributed by atoms with Gasteiger partial charge in [-0.3, -0.25) is 14.1 Å². The molecule has 1 N–H and O–H groups in total. The van der Waals surface area contributed by atoms with E-state index in [2.05, 4.69) is 10.3 Å². The van der Waals surface area contributed by atoms with Crippen molar-refractivity contribution < 1.29 is 13.2 Å². The molecular formula is C20H19N3O3S. The second-order valence-corrected chi connectivity index (χ2v) is 7.59. The van der Waals surface area contributed by atoms with Crippen LogP contribution in [0.25, 0.3) is 0 Å². The normalized spacial score (nSPS) is 11.0. The fourth-order valence-corrected chi connectivity index (χ4v) is 4.12. The number of benzene rings is 2. The van der Waals surface area contributed by atoms with Crippen molar-refractivity contribution in [1.29, 1.82) is 0 Å². The van der Waals surface area contributed by atoms with E-state index in [1.54, 1.807) is 86.0 Å². The van der Waals surface area contributed by atoms with E-state index in [1.165, 1.54) is 4.31 Å². The number of anilines is 2. The summed E-state index contributed by atoms with van der Waals surface area (Å²) in [5.41, 5.74) is 1.52. The van der Waals surface area contributed by atoms with E-state index in [-0.39, 0.29) is 17.3 Å². The quantitative estimate of drug-likeness (QED) is 0.708. The molecule has 0 atom stereocenters. The summed E-state index contributed by atoms with van der Waals surface area (Å²) in [5.74, 6) is -0.288. The van der Waals surface area contributed by atoms with Gasteiger partial charge in [-0.25, -0.2) is 8.42 Å². The van der Waals surface area contributed by atoms with Gasteiger partial charge in [0.2, 0.25) is 0 Å². The van der Waals surface area contributed by atoms with Gasteiger partial charge in [-0.05, 0) is 55.5 Å². The molecule has 1 heterocycles. The molecule has 1 aromatic heterocycles. The first-order valence-corrected chi connectivity index (χ1v) is 9.85. The Hall–Kier alpha value is -3.19. The lowest BCUT2D eigenvalue weighted by Crippen LogP contribution is -2.30. The van der Waals surface area contributed by atoms with Crippen molar-refractivity contribution in [2.75, 3.05) is 16.2 Å². The van der Waals surface area contributed by atoms with Gasteiger partial charge in [0.05, 0.1) is 22.5 Å². The predicted octanol–water partition coefficient (Wildman–Crippen LogP) is 3.55. The van der Waals surface area contributed by atoms with Crippen LogP contribution in [-0.2, 0) is 10.0 Å². The van der Waals surface area contributed by atoms with E-state index in [0.717, 1.165) is 0 Å². The van der Waals surface area contributed by atoms with Crippen molar-refractivity contribution in [2.45, 2.75) is 11.8 Å². The molecule has 27 heavy (non-hydrogen) atoms. The van der Waals surface area contributed by atoms with Crippen molar-refractivity contribution in [2.24, 2.45) is 0 Å². The summed E-state index contributed by atoms with van der Waals surface area (Å²) in [6.07, 6.45) is 3.18. The summed E-state index contributed by atoms with van der Waals surface area (Å²) in [6, 6.07) is 18.2. The number of carbonyl (C=O) groups excluding carboxylic acids is 1. The van der Waals surface area contributed by atoms with Crippen LogP contribution in [0.2, 0.25) is 0 Å². The fourth-order valence-electron chi connectivity index (χ4n) is 2.63. The molecule has 0 radical (unpaired) electrons. The smallest absolute Gasteiger partial charge is 0.264 e. The monoisotopic (exact) mass is 381 g/mol. The molecular weight excluding hydrogens is 362 g/mol. The van der Waals surface area contributed by atoms with Crippen LogP contribution in [0.15, 0.2) is 84.0 Å². The van der Waals surface area contributed by atoms with E-state index < -0.39 is 10.0 Å². The van der Waals surface area contributed by atoms with E-state index in [4.69, 9.17) is 0 Å². The molecule has 0 aliphatic rings. The van der Waals surface area contributed by atoms with Gasteiger partial charge < -0.3 is 5.32 Å². The minimum atomic E-state index is -3.66. The molecule has 0 unspecified atom stereocenters. The number of rotatable bonds is 6. The molecule has 3 aromatic rings. The van der Waals surface area contributed by atoms with Crippen LogP contribution in [0, 0.1) is 0 Å². The highest BCUT2D eigenvalue weighted by Crippen LogP contribution is 2.24. The van der Waals surface area contributed by atoms with Crippen LogP contribution in [0.5, 0.6) is 0 Å². The zero-order valence-corrected chi connectivity index (χ0v) is 15.6. The highest BCUT2D eigenvalue weighted by molar-refractivity contribution is 7.92. The minimum absolute atomic E-state index is 0.227. The van der Waals surface area contributed by atoms with Gasteiger partial charge >= 0.3 is 0 Å². The third-order valence-corrected chi connectivity index (χ3v) is 5.87. The zero-order chi connectivity index (χ0) is 19.3. The van der Waals surface area contributed by atoms with Gasteiger partial charge in [-0.1, -0.05) is 18.2 Å². The minimum Gasteiger partial charge on any atom is -0.321 e. The molecule has 2 aromatic carbocycles. The molecule has 6 nitrogen and oxygen atoms in total. The third kappa shape index (κ3) is 4.15. The van der Waals surface area contributed by atoms with Crippen LogP contribution in [0.1, 0.15) is 17.3 Å². The first-order chi connectivity index (χ1) is 13.0. The lowest BCUT2D eigenvalue weighted by molar-refractivity contribution is 0.102. The van der Waals surface area contributed by atoms with Crippen LogP contribution in [0.4, 0.5) is 11.4 Å². The Morgan fingerprint density at radius 2 is 1.70 bits per heavy atom. The Balaban J connectivity index is 1.82. The number of pyridine rings is 1. The Labute approximate surface area is 158 Å². The number of hydrogen-bond acceptors (Lipinski definition) is 4. The van der Waals surface area contributed by atoms with Crippen LogP contribution < -0.4 is 9.62 Å². The average Bonchev–Trinajstić information content (AvgIpc) is 2.70. The number of carbonyl (C=O) groups is 1. The van der Waals surface area contributed by atoms with E-state index in [0.29, 0.717) is 16.9 Å².